The van der Waals surface area contributed by atoms with Crippen molar-refractivity contribution in [2.45, 2.75) is 26.2 Å². The van der Waals surface area contributed by atoms with Gasteiger partial charge in [0.15, 0.2) is 0 Å². The molecule has 2 aromatic carbocycles. The summed E-state index contributed by atoms with van der Waals surface area (Å²) in [5.74, 6) is 0.412. The van der Waals surface area contributed by atoms with Crippen LogP contribution in [0.2, 0.25) is 0 Å². The summed E-state index contributed by atoms with van der Waals surface area (Å²) in [5, 5.41) is 3.97. The first-order valence-electron chi connectivity index (χ1n) is 8.48. The van der Waals surface area contributed by atoms with Gasteiger partial charge in [-0.05, 0) is 61.4 Å². The van der Waals surface area contributed by atoms with Crippen LogP contribution in [0.4, 0.5) is 10.1 Å². The van der Waals surface area contributed by atoms with Gasteiger partial charge < -0.3 is 9.42 Å². The molecular formula is C20H18FN3O2. The van der Waals surface area contributed by atoms with Crippen molar-refractivity contribution in [3.05, 3.63) is 65.3 Å². The molecule has 3 aromatic rings. The number of hydrogen-bond donors (Lipinski definition) is 0. The average Bonchev–Trinajstić information content (AvgIpc) is 3.25. The van der Waals surface area contributed by atoms with Gasteiger partial charge in [0.25, 0.3) is 0 Å². The van der Waals surface area contributed by atoms with Crippen LogP contribution < -0.4 is 4.90 Å². The summed E-state index contributed by atoms with van der Waals surface area (Å²) < 4.78 is 18.4. The molecule has 0 N–H and O–H groups in total. The maximum Gasteiger partial charge on any atom is 0.232 e. The molecule has 1 aliphatic heterocycles. The lowest BCUT2D eigenvalue weighted by atomic mass is 10.1. The predicted molar refractivity (Wildman–Crippen MR) is 95.3 cm³/mol. The highest BCUT2D eigenvalue weighted by molar-refractivity contribution is 5.96. The molecule has 0 saturated carbocycles. The van der Waals surface area contributed by atoms with Crippen molar-refractivity contribution in [2.24, 2.45) is 0 Å². The van der Waals surface area contributed by atoms with Gasteiger partial charge in [-0.15, -0.1) is 0 Å². The van der Waals surface area contributed by atoms with Crippen molar-refractivity contribution in [1.29, 1.82) is 0 Å². The molecule has 2 heterocycles. The number of carbonyl (C=O) groups excluding carboxylic acids is 1. The molecule has 5 nitrogen and oxygen atoms in total. The Morgan fingerprint density at radius 2 is 1.88 bits per heavy atom. The van der Waals surface area contributed by atoms with E-state index in [1.165, 1.54) is 17.7 Å². The Morgan fingerprint density at radius 1 is 1.12 bits per heavy atom. The summed E-state index contributed by atoms with van der Waals surface area (Å²) >= 11 is 0. The van der Waals surface area contributed by atoms with E-state index in [4.69, 9.17) is 4.52 Å². The van der Waals surface area contributed by atoms with Gasteiger partial charge in [-0.25, -0.2) is 4.39 Å². The van der Waals surface area contributed by atoms with E-state index in [0.29, 0.717) is 30.2 Å². The highest BCUT2D eigenvalue weighted by atomic mass is 19.1. The molecule has 1 saturated heterocycles. The van der Waals surface area contributed by atoms with Gasteiger partial charge in [0.1, 0.15) is 5.82 Å². The highest BCUT2D eigenvalue weighted by Crippen LogP contribution is 2.32. The molecule has 0 spiro atoms. The molecule has 1 atom stereocenters. The first-order chi connectivity index (χ1) is 12.5. The van der Waals surface area contributed by atoms with E-state index in [9.17, 15) is 9.18 Å². The van der Waals surface area contributed by atoms with Gasteiger partial charge in [0.2, 0.25) is 17.6 Å². The first-order valence-corrected chi connectivity index (χ1v) is 8.48. The standard InChI is InChI=1S/C20H18FN3O2/c1-12-3-8-17(9-13(12)2)24-11-15(10-18(24)25)20-22-19(23-26-20)14-4-6-16(21)7-5-14/h3-9,15H,10-11H2,1-2H3. The molecule has 0 bridgehead atoms. The molecule has 132 valence electrons. The average molecular weight is 351 g/mol. The number of rotatable bonds is 3. The Bertz CT molecular complexity index is 965. The van der Waals surface area contributed by atoms with Gasteiger partial charge in [0.05, 0.1) is 5.92 Å². The summed E-state index contributed by atoms with van der Waals surface area (Å²) in [7, 11) is 0. The zero-order chi connectivity index (χ0) is 18.3. The van der Waals surface area contributed by atoms with E-state index in [2.05, 4.69) is 10.1 Å². The van der Waals surface area contributed by atoms with Crippen LogP contribution in [0.1, 0.15) is 29.4 Å². The Morgan fingerprint density at radius 3 is 2.62 bits per heavy atom. The summed E-state index contributed by atoms with van der Waals surface area (Å²) in [6, 6.07) is 11.9. The van der Waals surface area contributed by atoms with E-state index in [1.54, 1.807) is 17.0 Å². The molecule has 6 heteroatoms. The summed E-state index contributed by atoms with van der Waals surface area (Å²) in [6.07, 6.45) is 0.331. The molecule has 1 unspecified atom stereocenters. The summed E-state index contributed by atoms with van der Waals surface area (Å²) in [4.78, 5) is 18.6. The number of aromatic nitrogens is 2. The van der Waals surface area contributed by atoms with Crippen molar-refractivity contribution >= 4 is 11.6 Å². The minimum absolute atomic E-state index is 0.0415. The fraction of sp³-hybridized carbons (Fsp3) is 0.250. The van der Waals surface area contributed by atoms with Crippen LogP contribution in [0.25, 0.3) is 11.4 Å². The molecule has 1 fully saturated rings. The molecule has 1 amide bonds. The quantitative estimate of drug-likeness (QED) is 0.715. The topological polar surface area (TPSA) is 59.2 Å². The predicted octanol–water partition coefficient (Wildman–Crippen LogP) is 4.01. The zero-order valence-corrected chi connectivity index (χ0v) is 14.6. The maximum absolute atomic E-state index is 13.0. The van der Waals surface area contributed by atoms with Crippen LogP contribution in [0.15, 0.2) is 47.0 Å². The molecule has 1 aromatic heterocycles. The number of carbonyl (C=O) groups is 1. The van der Waals surface area contributed by atoms with E-state index < -0.39 is 0 Å². The molecule has 1 aliphatic rings. The van der Waals surface area contributed by atoms with E-state index in [1.807, 2.05) is 32.0 Å². The van der Waals surface area contributed by atoms with Crippen molar-refractivity contribution in [2.75, 3.05) is 11.4 Å². The van der Waals surface area contributed by atoms with Gasteiger partial charge >= 0.3 is 0 Å². The van der Waals surface area contributed by atoms with Gasteiger partial charge in [-0.3, -0.25) is 4.79 Å². The Balaban J connectivity index is 1.55. The van der Waals surface area contributed by atoms with Crippen molar-refractivity contribution < 1.29 is 13.7 Å². The molecule has 4 rings (SSSR count). The summed E-state index contributed by atoms with van der Waals surface area (Å²) in [5.41, 5.74) is 3.91. The van der Waals surface area contributed by atoms with Crippen LogP contribution >= 0.6 is 0 Å². The van der Waals surface area contributed by atoms with Crippen molar-refractivity contribution in [3.8, 4) is 11.4 Å². The van der Waals surface area contributed by atoms with E-state index in [0.717, 1.165) is 11.3 Å². The Hall–Kier alpha value is -3.02. The number of hydrogen-bond acceptors (Lipinski definition) is 4. The Labute approximate surface area is 150 Å². The largest absolute Gasteiger partial charge is 0.339 e. The Kier molecular flexibility index (Phi) is 4.03. The van der Waals surface area contributed by atoms with Gasteiger partial charge in [-0.2, -0.15) is 4.98 Å². The molecule has 0 radical (unpaired) electrons. The smallest absolute Gasteiger partial charge is 0.232 e. The third-order valence-corrected chi connectivity index (χ3v) is 4.82. The second-order valence-corrected chi connectivity index (χ2v) is 6.64. The lowest BCUT2D eigenvalue weighted by Gasteiger charge is -2.17. The summed E-state index contributed by atoms with van der Waals surface area (Å²) in [6.45, 7) is 4.58. The minimum Gasteiger partial charge on any atom is -0.339 e. The monoisotopic (exact) mass is 351 g/mol. The third-order valence-electron chi connectivity index (χ3n) is 4.82. The maximum atomic E-state index is 13.0. The SMILES string of the molecule is Cc1ccc(N2CC(c3nc(-c4ccc(F)cc4)no3)CC2=O)cc1C. The van der Waals surface area contributed by atoms with E-state index in [-0.39, 0.29) is 17.6 Å². The number of anilines is 1. The van der Waals surface area contributed by atoms with Crippen LogP contribution in [0.5, 0.6) is 0 Å². The van der Waals surface area contributed by atoms with Crippen molar-refractivity contribution in [1.82, 2.24) is 10.1 Å². The lowest BCUT2D eigenvalue weighted by molar-refractivity contribution is -0.117. The van der Waals surface area contributed by atoms with Crippen LogP contribution in [0, 0.1) is 19.7 Å². The minimum atomic E-state index is -0.317. The van der Waals surface area contributed by atoms with Crippen LogP contribution in [-0.2, 0) is 4.79 Å². The zero-order valence-electron chi connectivity index (χ0n) is 14.6. The highest BCUT2D eigenvalue weighted by Gasteiger charge is 2.35. The molecule has 0 aliphatic carbocycles. The van der Waals surface area contributed by atoms with Gasteiger partial charge in [0, 0.05) is 24.2 Å². The fourth-order valence-electron chi connectivity index (χ4n) is 3.13. The number of benzene rings is 2. The number of nitrogens with zero attached hydrogens (tertiary/aromatic N) is 3. The third kappa shape index (κ3) is 2.98. The fourth-order valence-corrected chi connectivity index (χ4v) is 3.13. The first kappa shape index (κ1) is 16.4. The lowest BCUT2D eigenvalue weighted by Crippen LogP contribution is -2.24. The normalized spacial score (nSPS) is 17.1. The number of aryl methyl sites for hydroxylation is 2. The second kappa shape index (κ2) is 6.37. The van der Waals surface area contributed by atoms with Crippen LogP contribution in [-0.4, -0.2) is 22.6 Å². The molecular weight excluding hydrogens is 333 g/mol. The number of amides is 1. The second-order valence-electron chi connectivity index (χ2n) is 6.64. The van der Waals surface area contributed by atoms with Crippen LogP contribution in [0.3, 0.4) is 0 Å². The van der Waals surface area contributed by atoms with E-state index >= 15 is 0 Å². The molecule has 26 heavy (non-hydrogen) atoms. The van der Waals surface area contributed by atoms with Gasteiger partial charge in [-0.1, -0.05) is 11.2 Å². The number of halogens is 1. The van der Waals surface area contributed by atoms with Crippen molar-refractivity contribution in [3.63, 3.8) is 0 Å².